The topological polar surface area (TPSA) is 71.3 Å². The van der Waals surface area contributed by atoms with Gasteiger partial charge in [-0.2, -0.15) is 5.26 Å². The molecule has 5 nitrogen and oxygen atoms in total. The maximum absolute atomic E-state index is 12.8. The third-order valence-electron chi connectivity index (χ3n) is 5.06. The summed E-state index contributed by atoms with van der Waals surface area (Å²) in [6.07, 6.45) is 1.51. The minimum atomic E-state index is -0.498. The molecular formula is C27H23BrCl2N2O3. The number of benzene rings is 3. The first kappa shape index (κ1) is 26.6. The monoisotopic (exact) mass is 572 g/mol. The first-order valence-corrected chi connectivity index (χ1v) is 12.3. The second-order valence-electron chi connectivity index (χ2n) is 7.72. The molecule has 0 bridgehead atoms. The maximum atomic E-state index is 12.8. The number of nitrogens with zero attached hydrogens (tertiary/aromatic N) is 1. The molecule has 3 aromatic rings. The highest BCUT2D eigenvalue weighted by Crippen LogP contribution is 2.36. The minimum absolute atomic E-state index is 0.0465. The summed E-state index contributed by atoms with van der Waals surface area (Å²) in [6, 6.07) is 16.3. The van der Waals surface area contributed by atoms with E-state index in [0.29, 0.717) is 43.9 Å². The Kier molecular flexibility index (Phi) is 9.22. The van der Waals surface area contributed by atoms with Crippen LogP contribution in [0.2, 0.25) is 10.0 Å². The highest BCUT2D eigenvalue weighted by molar-refractivity contribution is 9.10. The fourth-order valence-electron chi connectivity index (χ4n) is 3.28. The van der Waals surface area contributed by atoms with E-state index in [4.69, 9.17) is 32.7 Å². The largest absolute Gasteiger partial charge is 0.490 e. The van der Waals surface area contributed by atoms with E-state index in [1.165, 1.54) is 6.08 Å². The zero-order valence-electron chi connectivity index (χ0n) is 19.4. The normalized spacial score (nSPS) is 11.1. The SMILES string of the molecule is CCOc1cc(/C=C(\C#N)C(=O)Nc2ccc(C)cc2C)c(Br)cc1OCc1ccc(Cl)cc1Cl. The maximum Gasteiger partial charge on any atom is 0.266 e. The van der Waals surface area contributed by atoms with Crippen molar-refractivity contribution in [3.8, 4) is 17.6 Å². The Morgan fingerprint density at radius 1 is 1.09 bits per heavy atom. The van der Waals surface area contributed by atoms with Gasteiger partial charge >= 0.3 is 0 Å². The van der Waals surface area contributed by atoms with E-state index < -0.39 is 5.91 Å². The van der Waals surface area contributed by atoms with Crippen molar-refractivity contribution >= 4 is 56.8 Å². The summed E-state index contributed by atoms with van der Waals surface area (Å²) in [5, 5.41) is 13.5. The smallest absolute Gasteiger partial charge is 0.266 e. The van der Waals surface area contributed by atoms with Gasteiger partial charge in [0.25, 0.3) is 5.91 Å². The van der Waals surface area contributed by atoms with Crippen LogP contribution in [0.1, 0.15) is 29.2 Å². The van der Waals surface area contributed by atoms with Gasteiger partial charge in [0.15, 0.2) is 11.5 Å². The zero-order chi connectivity index (χ0) is 25.5. The summed E-state index contributed by atoms with van der Waals surface area (Å²) in [6.45, 7) is 6.35. The molecule has 3 aromatic carbocycles. The quantitative estimate of drug-likeness (QED) is 0.219. The number of aryl methyl sites for hydroxylation is 2. The van der Waals surface area contributed by atoms with Gasteiger partial charge in [0, 0.05) is 25.8 Å². The number of anilines is 1. The molecule has 0 fully saturated rings. The van der Waals surface area contributed by atoms with Gasteiger partial charge in [0.05, 0.1) is 6.61 Å². The molecule has 0 saturated heterocycles. The lowest BCUT2D eigenvalue weighted by atomic mass is 10.1. The van der Waals surface area contributed by atoms with Gasteiger partial charge in [0.2, 0.25) is 0 Å². The summed E-state index contributed by atoms with van der Waals surface area (Å²) >= 11 is 15.7. The lowest BCUT2D eigenvalue weighted by Crippen LogP contribution is -2.14. The first-order chi connectivity index (χ1) is 16.7. The van der Waals surface area contributed by atoms with E-state index in [-0.39, 0.29) is 12.2 Å². The van der Waals surface area contributed by atoms with Crippen LogP contribution in [0.4, 0.5) is 5.69 Å². The van der Waals surface area contributed by atoms with Crippen LogP contribution >= 0.6 is 39.1 Å². The molecular weight excluding hydrogens is 551 g/mol. The van der Waals surface area contributed by atoms with Crippen molar-refractivity contribution in [2.75, 3.05) is 11.9 Å². The van der Waals surface area contributed by atoms with Crippen molar-refractivity contribution in [3.63, 3.8) is 0 Å². The Bertz CT molecular complexity index is 1330. The summed E-state index contributed by atoms with van der Waals surface area (Å²) in [7, 11) is 0. The third-order valence-corrected chi connectivity index (χ3v) is 6.33. The van der Waals surface area contributed by atoms with Gasteiger partial charge in [-0.05, 0) is 68.3 Å². The number of halogens is 3. The molecule has 1 N–H and O–H groups in total. The standard InChI is InChI=1S/C27H23BrCl2N2O3/c1-4-34-25-11-19(10-20(14-31)27(33)32-24-8-5-16(2)9-17(24)3)22(28)13-26(25)35-15-18-6-7-21(29)12-23(18)30/h5-13H,4,15H2,1-3H3,(H,32,33)/b20-10+. The molecule has 0 aliphatic heterocycles. The molecule has 3 rings (SSSR count). The fourth-order valence-corrected chi connectivity index (χ4v) is 4.18. The van der Waals surface area contributed by atoms with Gasteiger partial charge in [-0.1, -0.05) is 62.9 Å². The molecule has 0 aromatic heterocycles. The summed E-state index contributed by atoms with van der Waals surface area (Å²) < 4.78 is 12.4. The van der Waals surface area contributed by atoms with Gasteiger partial charge in [0.1, 0.15) is 18.2 Å². The fraction of sp³-hybridized carbons (Fsp3) is 0.185. The van der Waals surface area contributed by atoms with Gasteiger partial charge in [-0.15, -0.1) is 0 Å². The number of rotatable bonds is 8. The van der Waals surface area contributed by atoms with Crippen LogP contribution in [0.5, 0.6) is 11.5 Å². The van der Waals surface area contributed by atoms with E-state index in [1.807, 2.05) is 45.0 Å². The number of nitriles is 1. The summed E-state index contributed by atoms with van der Waals surface area (Å²) in [5.74, 6) is 0.460. The van der Waals surface area contributed by atoms with Gasteiger partial charge in [-0.25, -0.2) is 0 Å². The average Bonchev–Trinajstić information content (AvgIpc) is 2.80. The van der Waals surface area contributed by atoms with Crippen LogP contribution < -0.4 is 14.8 Å². The predicted octanol–water partition coefficient (Wildman–Crippen LogP) is 7.90. The number of carbonyl (C=O) groups is 1. The highest BCUT2D eigenvalue weighted by Gasteiger charge is 2.15. The number of ether oxygens (including phenoxy) is 2. The Labute approximate surface area is 223 Å². The van der Waals surface area contributed by atoms with Crippen LogP contribution in [0.25, 0.3) is 6.08 Å². The van der Waals surface area contributed by atoms with E-state index in [2.05, 4.69) is 21.2 Å². The van der Waals surface area contributed by atoms with Crippen LogP contribution in [0.15, 0.2) is 58.6 Å². The molecule has 0 unspecified atom stereocenters. The molecule has 0 spiro atoms. The summed E-state index contributed by atoms with van der Waals surface area (Å²) in [4.78, 5) is 12.8. The van der Waals surface area contributed by atoms with Crippen molar-refractivity contribution in [1.29, 1.82) is 5.26 Å². The van der Waals surface area contributed by atoms with Crippen LogP contribution in [-0.4, -0.2) is 12.5 Å². The van der Waals surface area contributed by atoms with Crippen molar-refractivity contribution in [2.45, 2.75) is 27.4 Å². The summed E-state index contributed by atoms with van der Waals surface area (Å²) in [5.41, 5.74) is 3.98. The molecule has 0 saturated carbocycles. The molecule has 0 aliphatic rings. The van der Waals surface area contributed by atoms with Gasteiger partial charge in [-0.3, -0.25) is 4.79 Å². The average molecular weight is 574 g/mol. The zero-order valence-corrected chi connectivity index (χ0v) is 22.5. The molecule has 0 atom stereocenters. The van der Waals surface area contributed by atoms with E-state index >= 15 is 0 Å². The molecule has 0 heterocycles. The Morgan fingerprint density at radius 2 is 1.83 bits per heavy atom. The Morgan fingerprint density at radius 3 is 2.49 bits per heavy atom. The molecule has 0 radical (unpaired) electrons. The van der Waals surface area contributed by atoms with Crippen molar-refractivity contribution in [1.82, 2.24) is 0 Å². The van der Waals surface area contributed by atoms with Crippen molar-refractivity contribution in [2.24, 2.45) is 0 Å². The van der Waals surface area contributed by atoms with E-state index in [9.17, 15) is 10.1 Å². The van der Waals surface area contributed by atoms with Crippen LogP contribution in [0.3, 0.4) is 0 Å². The number of hydrogen-bond donors (Lipinski definition) is 1. The Balaban J connectivity index is 1.86. The minimum Gasteiger partial charge on any atom is -0.490 e. The lowest BCUT2D eigenvalue weighted by molar-refractivity contribution is -0.112. The number of carbonyl (C=O) groups excluding carboxylic acids is 1. The number of hydrogen-bond acceptors (Lipinski definition) is 4. The number of amides is 1. The first-order valence-electron chi connectivity index (χ1n) is 10.7. The molecule has 35 heavy (non-hydrogen) atoms. The van der Waals surface area contributed by atoms with Crippen LogP contribution in [-0.2, 0) is 11.4 Å². The number of nitrogens with one attached hydrogen (secondary N) is 1. The molecule has 1 amide bonds. The van der Waals surface area contributed by atoms with E-state index in [1.54, 1.807) is 30.3 Å². The lowest BCUT2D eigenvalue weighted by Gasteiger charge is -2.15. The molecule has 8 heteroatoms. The second kappa shape index (κ2) is 12.1. The van der Waals surface area contributed by atoms with Crippen molar-refractivity contribution in [3.05, 3.63) is 90.9 Å². The van der Waals surface area contributed by atoms with E-state index in [0.717, 1.165) is 16.7 Å². The third kappa shape index (κ3) is 7.02. The molecule has 180 valence electrons. The van der Waals surface area contributed by atoms with Gasteiger partial charge < -0.3 is 14.8 Å². The van der Waals surface area contributed by atoms with Crippen molar-refractivity contribution < 1.29 is 14.3 Å². The Hall–Kier alpha value is -2.98. The molecule has 0 aliphatic carbocycles. The predicted molar refractivity (Wildman–Crippen MR) is 144 cm³/mol. The highest BCUT2D eigenvalue weighted by atomic mass is 79.9. The van der Waals surface area contributed by atoms with Crippen LogP contribution in [0, 0.1) is 25.2 Å². The second-order valence-corrected chi connectivity index (χ2v) is 9.42.